The normalized spacial score (nSPS) is 11.1. The first-order valence-corrected chi connectivity index (χ1v) is 11.3. The van der Waals surface area contributed by atoms with Gasteiger partial charge in [0.1, 0.15) is 5.82 Å². The molecule has 0 saturated heterocycles. The van der Waals surface area contributed by atoms with Gasteiger partial charge in [-0.25, -0.2) is 9.97 Å². The molecule has 0 radical (unpaired) electrons. The minimum atomic E-state index is -4.64. The lowest BCUT2D eigenvalue weighted by Gasteiger charge is -2.14. The van der Waals surface area contributed by atoms with Gasteiger partial charge >= 0.3 is 6.18 Å². The zero-order valence-electron chi connectivity index (χ0n) is 19.9. The Morgan fingerprint density at radius 1 is 1.11 bits per heavy atom. The van der Waals surface area contributed by atoms with Crippen LogP contribution in [0.2, 0.25) is 5.02 Å². The van der Waals surface area contributed by atoms with Gasteiger partial charge < -0.3 is 10.2 Å². The van der Waals surface area contributed by atoms with E-state index in [0.29, 0.717) is 11.3 Å². The summed E-state index contributed by atoms with van der Waals surface area (Å²) in [4.78, 5) is 46.2. The summed E-state index contributed by atoms with van der Waals surface area (Å²) in [5.74, 6) is -1.86. The maximum absolute atomic E-state index is 13.4. The number of carbonyl (C=O) groups excluding carboxylic acids is 3. The lowest BCUT2D eigenvalue weighted by atomic mass is 9.99. The van der Waals surface area contributed by atoms with Gasteiger partial charge in [0.15, 0.2) is 0 Å². The first kappa shape index (κ1) is 27.5. The van der Waals surface area contributed by atoms with Crippen LogP contribution in [-0.2, 0) is 28.6 Å². The van der Waals surface area contributed by atoms with Gasteiger partial charge in [0.2, 0.25) is 5.91 Å². The quantitative estimate of drug-likeness (QED) is 0.258. The van der Waals surface area contributed by atoms with Crippen LogP contribution in [0, 0.1) is 0 Å². The summed E-state index contributed by atoms with van der Waals surface area (Å²) in [5, 5.41) is 2.52. The van der Waals surface area contributed by atoms with E-state index in [1.165, 1.54) is 37.3 Å². The van der Waals surface area contributed by atoms with Crippen LogP contribution in [-0.4, -0.2) is 46.6 Å². The van der Waals surface area contributed by atoms with Gasteiger partial charge in [-0.15, -0.1) is 0 Å². The monoisotopic (exact) mass is 530 g/mol. The minimum Gasteiger partial charge on any atom is -0.342 e. The van der Waals surface area contributed by atoms with Crippen molar-refractivity contribution in [3.8, 4) is 0 Å². The molecule has 7 nitrogen and oxygen atoms in total. The third-order valence-corrected chi connectivity index (χ3v) is 5.54. The maximum atomic E-state index is 13.4. The number of ketones is 1. The van der Waals surface area contributed by atoms with Crippen molar-refractivity contribution in [1.29, 1.82) is 0 Å². The van der Waals surface area contributed by atoms with E-state index in [-0.39, 0.29) is 40.5 Å². The molecule has 3 rings (SSSR count). The number of likely N-dealkylation sites (N-methyl/N-ethyl adjacent to an activating group) is 1. The summed E-state index contributed by atoms with van der Waals surface area (Å²) >= 11 is 6.29. The Hall–Kier alpha value is -4.05. The number of rotatable bonds is 8. The number of nitrogens with one attached hydrogen (secondary N) is 1. The van der Waals surface area contributed by atoms with Gasteiger partial charge in [-0.05, 0) is 35.4 Å². The summed E-state index contributed by atoms with van der Waals surface area (Å²) < 4.78 is 40.3. The second-order valence-electron chi connectivity index (χ2n) is 8.23. The lowest BCUT2D eigenvalue weighted by molar-refractivity contribution is -0.137. The molecule has 0 fully saturated rings. The zero-order valence-corrected chi connectivity index (χ0v) is 20.7. The van der Waals surface area contributed by atoms with Crippen LogP contribution in [0.25, 0.3) is 0 Å². The molecule has 0 unspecified atom stereocenters. The minimum absolute atomic E-state index is 0.0538. The second kappa shape index (κ2) is 11.3. The first-order chi connectivity index (χ1) is 17.4. The molecular formula is C26H22ClF3N4O3. The molecule has 0 atom stereocenters. The number of anilines is 1. The van der Waals surface area contributed by atoms with E-state index >= 15 is 0 Å². The van der Waals surface area contributed by atoms with Gasteiger partial charge in [0, 0.05) is 44.4 Å². The van der Waals surface area contributed by atoms with Crippen LogP contribution in [0.15, 0.2) is 61.3 Å². The standard InChI is InChI=1S/C26H22ClF3N4O3/c1-4-23(35)32-18-10-15(9-17(13-18)26(28,29)30)11-22-31-14-20(27)21(33-22)12-16-7-5-6-8-19(16)24(36)25(37)34(2)3/h4-10,13-14H,1,11-12H2,2-3H3,(H,32,35). The van der Waals surface area contributed by atoms with Crippen LogP contribution >= 0.6 is 11.6 Å². The number of hydrogen-bond donors (Lipinski definition) is 1. The zero-order chi connectivity index (χ0) is 27.3. The number of alkyl halides is 3. The van der Waals surface area contributed by atoms with Crippen molar-refractivity contribution in [3.05, 3.63) is 100 Å². The summed E-state index contributed by atoms with van der Waals surface area (Å²) in [7, 11) is 2.94. The number of benzene rings is 2. The largest absolute Gasteiger partial charge is 0.416 e. The lowest BCUT2D eigenvalue weighted by Crippen LogP contribution is -2.30. The van der Waals surface area contributed by atoms with E-state index in [1.807, 2.05) is 0 Å². The SMILES string of the molecule is C=CC(=O)Nc1cc(Cc2ncc(Cl)c(Cc3ccccc3C(=O)C(=O)N(C)C)n2)cc(C(F)(F)F)c1. The van der Waals surface area contributed by atoms with Crippen molar-refractivity contribution >= 4 is 34.9 Å². The van der Waals surface area contributed by atoms with Gasteiger partial charge in [0.05, 0.1) is 16.3 Å². The predicted molar refractivity (Wildman–Crippen MR) is 132 cm³/mol. The Balaban J connectivity index is 1.94. The Morgan fingerprint density at radius 3 is 2.46 bits per heavy atom. The number of amides is 2. The van der Waals surface area contributed by atoms with E-state index in [4.69, 9.17) is 11.6 Å². The van der Waals surface area contributed by atoms with Crippen molar-refractivity contribution in [1.82, 2.24) is 14.9 Å². The van der Waals surface area contributed by atoms with E-state index in [2.05, 4.69) is 21.9 Å². The topological polar surface area (TPSA) is 92.3 Å². The maximum Gasteiger partial charge on any atom is 0.416 e. The van der Waals surface area contributed by atoms with Gasteiger partial charge in [-0.1, -0.05) is 42.4 Å². The molecule has 1 heterocycles. The fraction of sp³-hybridized carbons (Fsp3) is 0.192. The Morgan fingerprint density at radius 2 is 1.81 bits per heavy atom. The smallest absolute Gasteiger partial charge is 0.342 e. The van der Waals surface area contributed by atoms with E-state index in [0.717, 1.165) is 18.2 Å². The number of hydrogen-bond acceptors (Lipinski definition) is 5. The highest BCUT2D eigenvalue weighted by atomic mass is 35.5. The van der Waals surface area contributed by atoms with Gasteiger partial charge in [-0.3, -0.25) is 14.4 Å². The molecule has 1 aromatic heterocycles. The number of aromatic nitrogens is 2. The second-order valence-corrected chi connectivity index (χ2v) is 8.64. The molecular weight excluding hydrogens is 509 g/mol. The molecule has 192 valence electrons. The molecule has 1 N–H and O–H groups in total. The van der Waals surface area contributed by atoms with Crippen molar-refractivity contribution in [2.45, 2.75) is 19.0 Å². The highest BCUT2D eigenvalue weighted by molar-refractivity contribution is 6.43. The van der Waals surface area contributed by atoms with Crippen molar-refractivity contribution in [2.75, 3.05) is 19.4 Å². The van der Waals surface area contributed by atoms with E-state index < -0.39 is 29.3 Å². The molecule has 3 aromatic rings. The molecule has 0 spiro atoms. The molecule has 0 aliphatic carbocycles. The van der Waals surface area contributed by atoms with Crippen LogP contribution < -0.4 is 5.32 Å². The third kappa shape index (κ3) is 7.01. The Kier molecular flexibility index (Phi) is 8.44. The summed E-state index contributed by atoms with van der Waals surface area (Å²) in [6.07, 6.45) is -2.38. The molecule has 0 aliphatic rings. The van der Waals surface area contributed by atoms with Gasteiger partial charge in [-0.2, -0.15) is 13.2 Å². The Bertz CT molecular complexity index is 1370. The molecule has 0 bridgehead atoms. The van der Waals surface area contributed by atoms with Crippen LogP contribution in [0.3, 0.4) is 0 Å². The summed E-state index contributed by atoms with van der Waals surface area (Å²) in [5.41, 5.74) is 0.227. The fourth-order valence-corrected chi connectivity index (χ4v) is 3.61. The highest BCUT2D eigenvalue weighted by Gasteiger charge is 2.31. The van der Waals surface area contributed by atoms with Crippen molar-refractivity contribution in [3.63, 3.8) is 0 Å². The fourth-order valence-electron chi connectivity index (χ4n) is 3.45. The first-order valence-electron chi connectivity index (χ1n) is 10.9. The molecule has 2 aromatic carbocycles. The molecule has 0 aliphatic heterocycles. The number of carbonyl (C=O) groups is 3. The molecule has 2 amide bonds. The average molecular weight is 531 g/mol. The third-order valence-electron chi connectivity index (χ3n) is 5.22. The summed E-state index contributed by atoms with van der Waals surface area (Å²) in [6, 6.07) is 9.67. The number of nitrogens with zero attached hydrogens (tertiary/aromatic N) is 3. The summed E-state index contributed by atoms with van der Waals surface area (Å²) in [6.45, 7) is 3.30. The van der Waals surface area contributed by atoms with E-state index in [9.17, 15) is 27.6 Å². The number of Topliss-reactive ketones (excluding diaryl/α,β-unsaturated/α-hetero) is 1. The Labute approximate surface area is 216 Å². The predicted octanol–water partition coefficient (Wildman–Crippen LogP) is 4.73. The number of halogens is 4. The van der Waals surface area contributed by atoms with Crippen molar-refractivity contribution in [2.24, 2.45) is 0 Å². The van der Waals surface area contributed by atoms with Crippen LogP contribution in [0.1, 0.15) is 38.6 Å². The van der Waals surface area contributed by atoms with Crippen LogP contribution in [0.5, 0.6) is 0 Å². The molecule has 37 heavy (non-hydrogen) atoms. The van der Waals surface area contributed by atoms with Crippen LogP contribution in [0.4, 0.5) is 18.9 Å². The van der Waals surface area contributed by atoms with Crippen molar-refractivity contribution < 1.29 is 27.6 Å². The molecule has 11 heteroatoms. The highest BCUT2D eigenvalue weighted by Crippen LogP contribution is 2.32. The molecule has 0 saturated carbocycles. The average Bonchev–Trinajstić information content (AvgIpc) is 2.84. The van der Waals surface area contributed by atoms with E-state index in [1.54, 1.807) is 18.2 Å². The van der Waals surface area contributed by atoms with Gasteiger partial charge in [0.25, 0.3) is 11.7 Å².